The maximum absolute atomic E-state index is 13.1. The zero-order valence-electron chi connectivity index (χ0n) is 18.1. The van der Waals surface area contributed by atoms with Crippen LogP contribution < -0.4 is 14.4 Å². The van der Waals surface area contributed by atoms with Gasteiger partial charge in [0.05, 0.1) is 30.0 Å². The van der Waals surface area contributed by atoms with Crippen LogP contribution in [0.4, 0.5) is 5.13 Å². The fraction of sp³-hybridized carbons (Fsp3) is 0.318. The highest BCUT2D eigenvalue weighted by atomic mass is 35.5. The van der Waals surface area contributed by atoms with Crippen LogP contribution in [0.3, 0.4) is 0 Å². The maximum atomic E-state index is 13.1. The Hall–Kier alpha value is -2.04. The highest BCUT2D eigenvalue weighted by Crippen LogP contribution is 2.32. The van der Waals surface area contributed by atoms with Gasteiger partial charge in [0.25, 0.3) is 0 Å². The van der Waals surface area contributed by atoms with E-state index < -0.39 is 10.0 Å². The molecule has 0 saturated carbocycles. The molecule has 11 heteroatoms. The number of nitrogens with zero attached hydrogens (tertiary/aromatic N) is 3. The molecule has 0 atom stereocenters. The zero-order chi connectivity index (χ0) is 23.6. The number of rotatable bonds is 7. The van der Waals surface area contributed by atoms with Crippen molar-refractivity contribution in [3.63, 3.8) is 0 Å². The summed E-state index contributed by atoms with van der Waals surface area (Å²) in [5.41, 5.74) is 1.91. The third kappa shape index (κ3) is 5.07. The lowest BCUT2D eigenvalue weighted by atomic mass is 10.1. The summed E-state index contributed by atoms with van der Waals surface area (Å²) in [4.78, 5) is 6.91. The number of ether oxygens (including phenoxy) is 2. The van der Waals surface area contributed by atoms with Gasteiger partial charge in [-0.25, -0.2) is 13.4 Å². The molecule has 0 bridgehead atoms. The number of methoxy groups -OCH3 is 2. The predicted molar refractivity (Wildman–Crippen MR) is 132 cm³/mol. The molecule has 2 aromatic carbocycles. The number of halogens is 2. The van der Waals surface area contributed by atoms with Crippen molar-refractivity contribution in [3.05, 3.63) is 63.1 Å². The summed E-state index contributed by atoms with van der Waals surface area (Å²) in [6, 6.07) is 10.3. The van der Waals surface area contributed by atoms with E-state index in [1.807, 2.05) is 23.6 Å². The summed E-state index contributed by atoms with van der Waals surface area (Å²) < 4.78 is 38.3. The fourth-order valence-corrected chi connectivity index (χ4v) is 6.72. The second-order valence-electron chi connectivity index (χ2n) is 7.42. The Balaban J connectivity index is 1.44. The molecule has 0 unspecified atom stereocenters. The standard InChI is InChI=1S/C22H23Cl2N3O4S2/c1-30-17-6-7-19(31-2)15(13-17)12-16-14-32-22(25-16)26-8-10-27(11-9-26)33(28,29)20-5-3-4-18(23)21(20)24/h3-7,13-14H,8-12H2,1-2H3. The van der Waals surface area contributed by atoms with Gasteiger partial charge in [-0.2, -0.15) is 4.31 Å². The largest absolute Gasteiger partial charge is 0.497 e. The first kappa shape index (κ1) is 24.1. The number of anilines is 1. The molecule has 1 fully saturated rings. The molecule has 1 saturated heterocycles. The van der Waals surface area contributed by atoms with Gasteiger partial charge in [0, 0.05) is 43.5 Å². The molecule has 0 aliphatic carbocycles. The average molecular weight is 528 g/mol. The molecule has 1 aromatic heterocycles. The highest BCUT2D eigenvalue weighted by molar-refractivity contribution is 7.89. The minimum absolute atomic E-state index is 0.0360. The summed E-state index contributed by atoms with van der Waals surface area (Å²) in [5.74, 6) is 1.54. The Bertz CT molecular complexity index is 1240. The molecule has 1 aliphatic heterocycles. The lowest BCUT2D eigenvalue weighted by molar-refractivity contribution is 0.384. The highest BCUT2D eigenvalue weighted by Gasteiger charge is 2.31. The molecule has 1 aliphatic rings. The Morgan fingerprint density at radius 2 is 1.82 bits per heavy atom. The van der Waals surface area contributed by atoms with Gasteiger partial charge >= 0.3 is 0 Å². The molecular weight excluding hydrogens is 505 g/mol. The van der Waals surface area contributed by atoms with Crippen LogP contribution in [0.2, 0.25) is 10.0 Å². The normalized spacial score (nSPS) is 15.0. The van der Waals surface area contributed by atoms with Crippen LogP contribution in [0.5, 0.6) is 11.5 Å². The van der Waals surface area contributed by atoms with Crippen LogP contribution in [-0.4, -0.2) is 58.1 Å². The van der Waals surface area contributed by atoms with E-state index in [1.54, 1.807) is 37.7 Å². The summed E-state index contributed by atoms with van der Waals surface area (Å²) in [6.45, 7) is 1.74. The third-order valence-electron chi connectivity index (χ3n) is 5.44. The van der Waals surface area contributed by atoms with Gasteiger partial charge in [-0.05, 0) is 30.3 Å². The second-order valence-corrected chi connectivity index (χ2v) is 10.9. The maximum Gasteiger partial charge on any atom is 0.244 e. The van der Waals surface area contributed by atoms with Crippen molar-refractivity contribution in [1.29, 1.82) is 0 Å². The molecule has 2 heterocycles. The van der Waals surface area contributed by atoms with Crippen molar-refractivity contribution < 1.29 is 17.9 Å². The lowest BCUT2D eigenvalue weighted by Crippen LogP contribution is -2.48. The van der Waals surface area contributed by atoms with Crippen LogP contribution in [0.25, 0.3) is 0 Å². The molecular formula is C22H23Cl2N3O4S2. The van der Waals surface area contributed by atoms with Crippen molar-refractivity contribution >= 4 is 49.7 Å². The van der Waals surface area contributed by atoms with Gasteiger partial charge in [-0.15, -0.1) is 11.3 Å². The van der Waals surface area contributed by atoms with Crippen molar-refractivity contribution in [2.24, 2.45) is 0 Å². The lowest BCUT2D eigenvalue weighted by Gasteiger charge is -2.34. The SMILES string of the molecule is COc1ccc(OC)c(Cc2csc(N3CCN(S(=O)(=O)c4cccc(Cl)c4Cl)CC3)n2)c1. The van der Waals surface area contributed by atoms with Crippen LogP contribution >= 0.6 is 34.5 Å². The second kappa shape index (κ2) is 10.1. The van der Waals surface area contributed by atoms with E-state index in [-0.39, 0.29) is 14.9 Å². The third-order valence-corrected chi connectivity index (χ3v) is 9.26. The molecule has 3 aromatic rings. The molecule has 0 N–H and O–H groups in total. The van der Waals surface area contributed by atoms with Gasteiger partial charge in [-0.1, -0.05) is 29.3 Å². The Labute approximate surface area is 207 Å². The monoisotopic (exact) mass is 527 g/mol. The summed E-state index contributed by atoms with van der Waals surface area (Å²) in [7, 11) is -0.451. The Morgan fingerprint density at radius 3 is 2.52 bits per heavy atom. The number of hydrogen-bond donors (Lipinski definition) is 0. The van der Waals surface area contributed by atoms with E-state index in [1.165, 1.54) is 10.4 Å². The van der Waals surface area contributed by atoms with Gasteiger partial charge in [0.1, 0.15) is 16.4 Å². The first-order valence-corrected chi connectivity index (χ1v) is 13.3. The van der Waals surface area contributed by atoms with E-state index in [2.05, 4.69) is 4.90 Å². The van der Waals surface area contributed by atoms with Crippen molar-refractivity contribution in [3.8, 4) is 11.5 Å². The number of sulfonamides is 1. The summed E-state index contributed by atoms with van der Waals surface area (Å²) >= 11 is 13.7. The number of aromatic nitrogens is 1. The van der Waals surface area contributed by atoms with Gasteiger partial charge < -0.3 is 14.4 Å². The van der Waals surface area contributed by atoms with E-state index in [4.69, 9.17) is 37.7 Å². The fourth-order valence-electron chi connectivity index (χ4n) is 3.68. The summed E-state index contributed by atoms with van der Waals surface area (Å²) in [5, 5.41) is 3.16. The molecule has 0 radical (unpaired) electrons. The van der Waals surface area contributed by atoms with E-state index >= 15 is 0 Å². The first-order chi connectivity index (χ1) is 15.8. The zero-order valence-corrected chi connectivity index (χ0v) is 21.3. The number of benzene rings is 2. The molecule has 0 spiro atoms. The van der Waals surface area contributed by atoms with Crippen LogP contribution in [0, 0.1) is 0 Å². The average Bonchev–Trinajstić information content (AvgIpc) is 3.29. The first-order valence-electron chi connectivity index (χ1n) is 10.2. The molecule has 33 heavy (non-hydrogen) atoms. The van der Waals surface area contributed by atoms with E-state index in [0.717, 1.165) is 27.9 Å². The van der Waals surface area contributed by atoms with Gasteiger partial charge in [0.15, 0.2) is 5.13 Å². The Morgan fingerprint density at radius 1 is 1.06 bits per heavy atom. The van der Waals surface area contributed by atoms with Crippen molar-refractivity contribution in [2.75, 3.05) is 45.3 Å². The van der Waals surface area contributed by atoms with Crippen LogP contribution in [-0.2, 0) is 16.4 Å². The quantitative estimate of drug-likeness (QED) is 0.448. The van der Waals surface area contributed by atoms with E-state index in [0.29, 0.717) is 32.6 Å². The Kier molecular flexibility index (Phi) is 7.35. The van der Waals surface area contributed by atoms with Crippen molar-refractivity contribution in [1.82, 2.24) is 9.29 Å². The van der Waals surface area contributed by atoms with Gasteiger partial charge in [0.2, 0.25) is 10.0 Å². The molecule has 176 valence electrons. The van der Waals surface area contributed by atoms with E-state index in [9.17, 15) is 8.42 Å². The van der Waals surface area contributed by atoms with Crippen LogP contribution in [0.1, 0.15) is 11.3 Å². The van der Waals surface area contributed by atoms with Crippen LogP contribution in [0.15, 0.2) is 46.7 Å². The minimum atomic E-state index is -3.72. The molecule has 7 nitrogen and oxygen atoms in total. The molecule has 0 amide bonds. The smallest absolute Gasteiger partial charge is 0.244 e. The minimum Gasteiger partial charge on any atom is -0.497 e. The number of hydrogen-bond acceptors (Lipinski definition) is 7. The number of thiazole rings is 1. The predicted octanol–water partition coefficient (Wildman–Crippen LogP) is 4.57. The summed E-state index contributed by atoms with van der Waals surface area (Å²) in [6.07, 6.45) is 0.610. The molecule has 4 rings (SSSR count). The number of piperazine rings is 1. The van der Waals surface area contributed by atoms with Crippen molar-refractivity contribution in [2.45, 2.75) is 11.3 Å². The topological polar surface area (TPSA) is 72.0 Å². The van der Waals surface area contributed by atoms with Gasteiger partial charge in [-0.3, -0.25) is 0 Å².